The summed E-state index contributed by atoms with van der Waals surface area (Å²) in [6.07, 6.45) is 0. The summed E-state index contributed by atoms with van der Waals surface area (Å²) in [5.41, 5.74) is 0.946. The molecule has 0 saturated heterocycles. The standard InChI is InChI=1S/C18H16N4O5S/c1-10-8-17(28(19,26)27)11(2)7-14(10)20-21-15-9-16(22(24)25)12-5-3-4-6-13(12)18(15)23/h3-9,23H,1-2H3,(H2,19,26,27). The molecule has 3 rings (SSSR count). The van der Waals surface area contributed by atoms with Gasteiger partial charge in [0.05, 0.1) is 20.9 Å². The van der Waals surface area contributed by atoms with E-state index in [1.807, 2.05) is 0 Å². The third kappa shape index (κ3) is 3.55. The maximum absolute atomic E-state index is 11.6. The summed E-state index contributed by atoms with van der Waals surface area (Å²) in [5, 5.41) is 35.5. The van der Waals surface area contributed by atoms with E-state index in [2.05, 4.69) is 10.2 Å². The minimum absolute atomic E-state index is 0.0202. The first-order valence-corrected chi connectivity index (χ1v) is 9.59. The minimum atomic E-state index is -3.87. The van der Waals surface area contributed by atoms with E-state index in [0.717, 1.165) is 6.07 Å². The Balaban J connectivity index is 2.13. The van der Waals surface area contributed by atoms with E-state index in [1.165, 1.54) is 18.2 Å². The van der Waals surface area contributed by atoms with Crippen LogP contribution in [0.25, 0.3) is 10.8 Å². The maximum atomic E-state index is 11.6. The Hall–Kier alpha value is -3.37. The molecule has 0 amide bonds. The van der Waals surface area contributed by atoms with Crippen molar-refractivity contribution in [3.63, 3.8) is 0 Å². The molecule has 0 aliphatic carbocycles. The SMILES string of the molecule is Cc1cc(S(N)(=O)=O)c(C)cc1N=Nc1cc([N+](=O)[O-])c2ccccc2c1O. The number of hydrogen-bond donors (Lipinski definition) is 2. The van der Waals surface area contributed by atoms with Crippen LogP contribution in [0.4, 0.5) is 17.1 Å². The van der Waals surface area contributed by atoms with E-state index in [0.29, 0.717) is 16.8 Å². The van der Waals surface area contributed by atoms with Gasteiger partial charge in [-0.15, -0.1) is 5.11 Å². The molecule has 28 heavy (non-hydrogen) atoms. The van der Waals surface area contributed by atoms with Crippen LogP contribution in [-0.2, 0) is 10.0 Å². The Labute approximate surface area is 160 Å². The zero-order chi connectivity index (χ0) is 20.6. The van der Waals surface area contributed by atoms with Gasteiger partial charge in [0.1, 0.15) is 5.69 Å². The second-order valence-corrected chi connectivity index (χ2v) is 7.75. The van der Waals surface area contributed by atoms with E-state index < -0.39 is 14.9 Å². The van der Waals surface area contributed by atoms with Crippen LogP contribution in [0.3, 0.4) is 0 Å². The van der Waals surface area contributed by atoms with Crippen LogP contribution in [0.2, 0.25) is 0 Å². The summed E-state index contributed by atoms with van der Waals surface area (Å²) in [6.45, 7) is 3.20. The lowest BCUT2D eigenvalue weighted by Gasteiger charge is -2.08. The molecule has 3 aromatic rings. The number of phenols is 1. The number of sulfonamides is 1. The van der Waals surface area contributed by atoms with E-state index in [-0.39, 0.29) is 32.8 Å². The topological polar surface area (TPSA) is 148 Å². The Morgan fingerprint density at radius 1 is 1.00 bits per heavy atom. The van der Waals surface area contributed by atoms with Crippen molar-refractivity contribution in [1.29, 1.82) is 0 Å². The molecule has 0 aliphatic heterocycles. The number of nitrogens with two attached hydrogens (primary N) is 1. The second-order valence-electron chi connectivity index (χ2n) is 6.22. The molecule has 0 saturated carbocycles. The summed E-state index contributed by atoms with van der Waals surface area (Å²) >= 11 is 0. The fraction of sp³-hybridized carbons (Fsp3) is 0.111. The van der Waals surface area contributed by atoms with E-state index in [4.69, 9.17) is 5.14 Å². The highest BCUT2D eigenvalue weighted by Gasteiger charge is 2.19. The highest BCUT2D eigenvalue weighted by molar-refractivity contribution is 7.89. The fourth-order valence-corrected chi connectivity index (χ4v) is 3.70. The molecular formula is C18H16N4O5S. The predicted molar refractivity (Wildman–Crippen MR) is 104 cm³/mol. The molecule has 0 spiro atoms. The molecule has 0 aromatic heterocycles. The normalized spacial score (nSPS) is 12.0. The Bertz CT molecular complexity index is 1250. The number of phenolic OH excluding ortho intramolecular Hbond substituents is 1. The number of non-ortho nitro benzene ring substituents is 1. The second kappa shape index (κ2) is 6.98. The van der Waals surface area contributed by atoms with Crippen LogP contribution in [0.15, 0.2) is 57.6 Å². The van der Waals surface area contributed by atoms with Crippen molar-refractivity contribution in [2.45, 2.75) is 18.7 Å². The summed E-state index contributed by atoms with van der Waals surface area (Å²) < 4.78 is 23.2. The van der Waals surface area contributed by atoms with Gasteiger partial charge in [0.25, 0.3) is 5.69 Å². The minimum Gasteiger partial charge on any atom is -0.505 e. The van der Waals surface area contributed by atoms with Gasteiger partial charge in [-0.1, -0.05) is 18.2 Å². The number of rotatable bonds is 4. The molecule has 0 atom stereocenters. The highest BCUT2D eigenvalue weighted by Crippen LogP contribution is 2.41. The number of azo groups is 1. The molecule has 144 valence electrons. The molecule has 9 nitrogen and oxygen atoms in total. The van der Waals surface area contributed by atoms with Crippen molar-refractivity contribution in [2.24, 2.45) is 15.4 Å². The Kier molecular flexibility index (Phi) is 4.84. The molecule has 0 aliphatic rings. The average molecular weight is 400 g/mol. The van der Waals surface area contributed by atoms with Gasteiger partial charge >= 0.3 is 0 Å². The lowest BCUT2D eigenvalue weighted by atomic mass is 10.1. The van der Waals surface area contributed by atoms with Gasteiger partial charge in [0.15, 0.2) is 5.75 Å². The third-order valence-electron chi connectivity index (χ3n) is 4.24. The number of primary sulfonamides is 1. The fourth-order valence-electron chi connectivity index (χ4n) is 2.85. The quantitative estimate of drug-likeness (QED) is 0.383. The number of nitro benzene ring substituents is 1. The van der Waals surface area contributed by atoms with Gasteiger partial charge in [-0.2, -0.15) is 5.11 Å². The van der Waals surface area contributed by atoms with Crippen LogP contribution < -0.4 is 5.14 Å². The van der Waals surface area contributed by atoms with Crippen LogP contribution >= 0.6 is 0 Å². The number of nitro groups is 1. The molecule has 3 aromatic carbocycles. The summed E-state index contributed by atoms with van der Waals surface area (Å²) in [5.74, 6) is -0.236. The van der Waals surface area contributed by atoms with E-state index in [9.17, 15) is 23.6 Å². The number of aromatic hydroxyl groups is 1. The van der Waals surface area contributed by atoms with Crippen LogP contribution in [0.1, 0.15) is 11.1 Å². The van der Waals surface area contributed by atoms with Gasteiger partial charge in [-0.3, -0.25) is 10.1 Å². The molecule has 10 heteroatoms. The largest absolute Gasteiger partial charge is 0.505 e. The Morgan fingerprint density at radius 3 is 2.21 bits per heavy atom. The number of fused-ring (bicyclic) bond motifs is 1. The van der Waals surface area contributed by atoms with Gasteiger partial charge in [-0.25, -0.2) is 13.6 Å². The molecule has 0 fully saturated rings. The molecule has 0 unspecified atom stereocenters. The molecule has 0 bridgehead atoms. The zero-order valence-corrected chi connectivity index (χ0v) is 15.8. The number of aryl methyl sites for hydroxylation is 2. The summed E-state index contributed by atoms with van der Waals surface area (Å²) in [6, 6.07) is 10.4. The van der Waals surface area contributed by atoms with E-state index in [1.54, 1.807) is 32.0 Å². The van der Waals surface area contributed by atoms with Crippen LogP contribution in [-0.4, -0.2) is 18.4 Å². The van der Waals surface area contributed by atoms with Gasteiger partial charge in [-0.05, 0) is 43.2 Å². The molecule has 0 heterocycles. The first-order valence-electron chi connectivity index (χ1n) is 8.04. The van der Waals surface area contributed by atoms with Crippen LogP contribution in [0, 0.1) is 24.0 Å². The van der Waals surface area contributed by atoms with Crippen LogP contribution in [0.5, 0.6) is 5.75 Å². The smallest absolute Gasteiger partial charge is 0.279 e. The van der Waals surface area contributed by atoms with Gasteiger partial charge < -0.3 is 5.11 Å². The highest BCUT2D eigenvalue weighted by atomic mass is 32.2. The van der Waals surface area contributed by atoms with Gasteiger partial charge in [0.2, 0.25) is 10.0 Å². The number of hydrogen-bond acceptors (Lipinski definition) is 7. The molecule has 0 radical (unpaired) electrons. The van der Waals surface area contributed by atoms with Crippen molar-refractivity contribution < 1.29 is 18.4 Å². The van der Waals surface area contributed by atoms with Crippen molar-refractivity contribution >= 4 is 37.9 Å². The first-order chi connectivity index (χ1) is 13.1. The summed E-state index contributed by atoms with van der Waals surface area (Å²) in [7, 11) is -3.87. The monoisotopic (exact) mass is 400 g/mol. The Morgan fingerprint density at radius 2 is 1.61 bits per heavy atom. The van der Waals surface area contributed by atoms with E-state index >= 15 is 0 Å². The lowest BCUT2D eigenvalue weighted by molar-refractivity contribution is -0.383. The van der Waals surface area contributed by atoms with Crippen molar-refractivity contribution in [3.8, 4) is 5.75 Å². The number of nitrogens with zero attached hydrogens (tertiary/aromatic N) is 3. The molecule has 3 N–H and O–H groups in total. The van der Waals surface area contributed by atoms with Gasteiger partial charge in [0, 0.05) is 11.5 Å². The maximum Gasteiger partial charge on any atom is 0.279 e. The van der Waals surface area contributed by atoms with Crippen molar-refractivity contribution in [1.82, 2.24) is 0 Å². The number of benzene rings is 3. The predicted octanol–water partition coefficient (Wildman–Crippen LogP) is 4.13. The third-order valence-corrected chi connectivity index (χ3v) is 5.29. The molecular weight excluding hydrogens is 384 g/mol. The van der Waals surface area contributed by atoms with Crippen molar-refractivity contribution in [2.75, 3.05) is 0 Å². The lowest BCUT2D eigenvalue weighted by Crippen LogP contribution is -2.13. The first kappa shape index (κ1) is 19.4. The summed E-state index contributed by atoms with van der Waals surface area (Å²) in [4.78, 5) is 10.8. The average Bonchev–Trinajstić information content (AvgIpc) is 2.62. The zero-order valence-electron chi connectivity index (χ0n) is 14.9. The van der Waals surface area contributed by atoms with Crippen molar-refractivity contribution in [3.05, 3.63) is 63.7 Å².